The van der Waals surface area contributed by atoms with E-state index in [4.69, 9.17) is 0 Å². The number of methoxy groups -OCH3 is 1. The topological polar surface area (TPSA) is 77.5 Å². The van der Waals surface area contributed by atoms with Crippen molar-refractivity contribution in [3.8, 4) is 0 Å². The van der Waals surface area contributed by atoms with Gasteiger partial charge in [0.15, 0.2) is 5.78 Å². The molecule has 5 nitrogen and oxygen atoms in total. The number of ether oxygens (including phenoxy) is 1. The minimum absolute atomic E-state index is 0.107. The average Bonchev–Trinajstić information content (AvgIpc) is 2.25. The molecule has 5 heteroatoms. The first-order valence-electron chi connectivity index (χ1n) is 5.11. The molecule has 0 amide bonds. The summed E-state index contributed by atoms with van der Waals surface area (Å²) in [6, 6.07) is 0. The van der Waals surface area contributed by atoms with Crippen LogP contribution in [0.15, 0.2) is 0 Å². The predicted molar refractivity (Wildman–Crippen MR) is 53.6 cm³/mol. The van der Waals surface area contributed by atoms with Gasteiger partial charge >= 0.3 is 5.97 Å². The summed E-state index contributed by atoms with van der Waals surface area (Å²) in [7, 11) is 1.15. The monoisotopic (exact) mass is 226 g/mol. The number of carbonyl (C=O) groups is 4. The van der Waals surface area contributed by atoms with Gasteiger partial charge in [0.25, 0.3) is 0 Å². The molecule has 0 spiro atoms. The van der Waals surface area contributed by atoms with Crippen LogP contribution in [0.25, 0.3) is 0 Å². The van der Waals surface area contributed by atoms with Gasteiger partial charge in [-0.2, -0.15) is 0 Å². The summed E-state index contributed by atoms with van der Waals surface area (Å²) >= 11 is 0. The van der Waals surface area contributed by atoms with Crippen LogP contribution in [0.1, 0.15) is 32.6 Å². The van der Waals surface area contributed by atoms with E-state index < -0.39 is 17.2 Å². The van der Waals surface area contributed by atoms with Gasteiger partial charge < -0.3 is 4.74 Å². The van der Waals surface area contributed by atoms with Crippen molar-refractivity contribution in [1.29, 1.82) is 0 Å². The lowest BCUT2D eigenvalue weighted by Crippen LogP contribution is -2.46. The molecule has 0 unspecified atom stereocenters. The lowest BCUT2D eigenvalue weighted by molar-refractivity contribution is -0.164. The number of ketones is 3. The molecule has 0 saturated heterocycles. The van der Waals surface area contributed by atoms with Crippen molar-refractivity contribution < 1.29 is 23.9 Å². The molecule has 0 N–H and O–H groups in total. The SMILES string of the molecule is CCC(=O)C1(C(=O)OC)CC(=O)CC(=O)C1. The second kappa shape index (κ2) is 4.55. The number of esters is 1. The summed E-state index contributed by atoms with van der Waals surface area (Å²) < 4.78 is 4.55. The molecule has 1 saturated carbocycles. The minimum Gasteiger partial charge on any atom is -0.468 e. The average molecular weight is 226 g/mol. The molecule has 1 aliphatic rings. The van der Waals surface area contributed by atoms with Gasteiger partial charge in [-0.25, -0.2) is 0 Å². The van der Waals surface area contributed by atoms with E-state index in [0.29, 0.717) is 0 Å². The molecule has 0 heterocycles. The Morgan fingerprint density at radius 1 is 1.25 bits per heavy atom. The van der Waals surface area contributed by atoms with Gasteiger partial charge in [0.1, 0.15) is 17.0 Å². The summed E-state index contributed by atoms with van der Waals surface area (Å²) in [5.41, 5.74) is -1.56. The Kier molecular flexibility index (Phi) is 3.57. The van der Waals surface area contributed by atoms with E-state index in [-0.39, 0.29) is 37.2 Å². The van der Waals surface area contributed by atoms with Crippen molar-refractivity contribution in [2.75, 3.05) is 7.11 Å². The standard InChI is InChI=1S/C11H14O5/c1-3-9(14)11(10(15)16-2)5-7(12)4-8(13)6-11/h3-6H2,1-2H3. The summed E-state index contributed by atoms with van der Waals surface area (Å²) in [6.45, 7) is 1.59. The number of Topliss-reactive ketones (excluding diaryl/α,β-unsaturated/α-hetero) is 3. The fourth-order valence-electron chi connectivity index (χ4n) is 2.07. The Morgan fingerprint density at radius 2 is 1.75 bits per heavy atom. The summed E-state index contributed by atoms with van der Waals surface area (Å²) in [5.74, 6) is -1.92. The first-order chi connectivity index (χ1) is 7.46. The maximum Gasteiger partial charge on any atom is 0.320 e. The molecular weight excluding hydrogens is 212 g/mol. The smallest absolute Gasteiger partial charge is 0.320 e. The van der Waals surface area contributed by atoms with Crippen LogP contribution in [-0.2, 0) is 23.9 Å². The molecule has 1 rings (SSSR count). The van der Waals surface area contributed by atoms with E-state index >= 15 is 0 Å². The summed E-state index contributed by atoms with van der Waals surface area (Å²) in [4.78, 5) is 46.1. The van der Waals surface area contributed by atoms with Crippen molar-refractivity contribution in [3.05, 3.63) is 0 Å². The Morgan fingerprint density at radius 3 is 2.12 bits per heavy atom. The Hall–Kier alpha value is -1.52. The number of carbonyl (C=O) groups excluding carboxylic acids is 4. The van der Waals surface area contributed by atoms with Crippen LogP contribution in [0.5, 0.6) is 0 Å². The quantitative estimate of drug-likeness (QED) is 0.515. The molecule has 0 aromatic heterocycles. The van der Waals surface area contributed by atoms with Gasteiger partial charge in [-0.05, 0) is 0 Å². The van der Waals surface area contributed by atoms with E-state index in [0.717, 1.165) is 7.11 Å². The van der Waals surface area contributed by atoms with Crippen LogP contribution >= 0.6 is 0 Å². The first-order valence-corrected chi connectivity index (χ1v) is 5.11. The molecule has 0 atom stereocenters. The van der Waals surface area contributed by atoms with Crippen molar-refractivity contribution in [3.63, 3.8) is 0 Å². The van der Waals surface area contributed by atoms with Crippen molar-refractivity contribution in [2.45, 2.75) is 32.6 Å². The fraction of sp³-hybridized carbons (Fsp3) is 0.636. The van der Waals surface area contributed by atoms with Crippen LogP contribution in [0.4, 0.5) is 0 Å². The van der Waals surface area contributed by atoms with Gasteiger partial charge in [-0.1, -0.05) is 6.92 Å². The van der Waals surface area contributed by atoms with Crippen LogP contribution in [0.3, 0.4) is 0 Å². The lowest BCUT2D eigenvalue weighted by atomic mass is 9.69. The molecule has 1 aliphatic carbocycles. The van der Waals surface area contributed by atoms with Crippen molar-refractivity contribution >= 4 is 23.3 Å². The maximum absolute atomic E-state index is 11.8. The van der Waals surface area contributed by atoms with E-state index in [9.17, 15) is 19.2 Å². The third-order valence-corrected chi connectivity index (χ3v) is 2.82. The predicted octanol–water partition coefficient (Wildman–Crippen LogP) is 0.447. The van der Waals surface area contributed by atoms with Gasteiger partial charge in [-0.15, -0.1) is 0 Å². The van der Waals surface area contributed by atoms with Crippen molar-refractivity contribution in [1.82, 2.24) is 0 Å². The zero-order valence-corrected chi connectivity index (χ0v) is 9.37. The summed E-state index contributed by atoms with van der Waals surface area (Å²) in [5, 5.41) is 0. The van der Waals surface area contributed by atoms with Crippen LogP contribution < -0.4 is 0 Å². The van der Waals surface area contributed by atoms with Gasteiger partial charge in [0.05, 0.1) is 13.5 Å². The molecular formula is C11H14O5. The van der Waals surface area contributed by atoms with Crippen molar-refractivity contribution in [2.24, 2.45) is 5.41 Å². The van der Waals surface area contributed by atoms with Gasteiger partial charge in [0.2, 0.25) is 0 Å². The molecule has 0 radical (unpaired) electrons. The first kappa shape index (κ1) is 12.5. The molecule has 88 valence electrons. The molecule has 0 aromatic carbocycles. The Bertz CT molecular complexity index is 321. The molecule has 1 fully saturated rings. The normalized spacial score (nSPS) is 19.4. The number of hydrogen-bond acceptors (Lipinski definition) is 5. The largest absolute Gasteiger partial charge is 0.468 e. The third-order valence-electron chi connectivity index (χ3n) is 2.82. The minimum atomic E-state index is -1.56. The highest BCUT2D eigenvalue weighted by molar-refractivity contribution is 6.15. The third kappa shape index (κ3) is 2.03. The highest BCUT2D eigenvalue weighted by Gasteiger charge is 2.51. The fourth-order valence-corrected chi connectivity index (χ4v) is 2.07. The molecule has 0 aliphatic heterocycles. The van der Waals surface area contributed by atoms with Crippen LogP contribution in [0, 0.1) is 5.41 Å². The van der Waals surface area contributed by atoms with E-state index in [2.05, 4.69) is 4.74 Å². The van der Waals surface area contributed by atoms with Gasteiger partial charge in [-0.3, -0.25) is 19.2 Å². The van der Waals surface area contributed by atoms with E-state index in [1.54, 1.807) is 6.92 Å². The molecule has 0 bridgehead atoms. The van der Waals surface area contributed by atoms with E-state index in [1.807, 2.05) is 0 Å². The Labute approximate surface area is 93.1 Å². The molecule has 16 heavy (non-hydrogen) atoms. The summed E-state index contributed by atoms with van der Waals surface area (Å²) in [6.07, 6.45) is -0.498. The highest BCUT2D eigenvalue weighted by atomic mass is 16.5. The zero-order chi connectivity index (χ0) is 12.3. The van der Waals surface area contributed by atoms with Gasteiger partial charge in [0, 0.05) is 19.3 Å². The highest BCUT2D eigenvalue weighted by Crippen LogP contribution is 2.36. The second-order valence-electron chi connectivity index (χ2n) is 3.96. The number of rotatable bonds is 3. The van der Waals surface area contributed by atoms with Crippen LogP contribution in [0.2, 0.25) is 0 Å². The molecule has 0 aromatic rings. The maximum atomic E-state index is 11.8. The van der Waals surface area contributed by atoms with E-state index in [1.165, 1.54) is 0 Å². The Balaban J connectivity index is 3.13. The second-order valence-corrected chi connectivity index (χ2v) is 3.96. The number of hydrogen-bond donors (Lipinski definition) is 0. The lowest BCUT2D eigenvalue weighted by Gasteiger charge is -2.30. The zero-order valence-electron chi connectivity index (χ0n) is 9.37. The van der Waals surface area contributed by atoms with Crippen LogP contribution in [-0.4, -0.2) is 30.4 Å².